The molecule has 13 nitrogen and oxygen atoms in total. The van der Waals surface area contributed by atoms with Crippen LogP contribution in [0.15, 0.2) is 92.0 Å². The minimum atomic E-state index is -0.389. The van der Waals surface area contributed by atoms with E-state index in [-0.39, 0.29) is 29.7 Å². The highest BCUT2D eigenvalue weighted by molar-refractivity contribution is 5.81. The van der Waals surface area contributed by atoms with Crippen LogP contribution < -0.4 is 28.4 Å². The lowest BCUT2D eigenvalue weighted by molar-refractivity contribution is -0.140. The molecule has 392 valence electrons. The Morgan fingerprint density at radius 2 is 0.958 bits per heavy atom. The van der Waals surface area contributed by atoms with Crippen LogP contribution in [0.4, 0.5) is 0 Å². The molecule has 0 radical (unpaired) electrons. The number of carbonyl (C=O) groups excluding carboxylic acids is 5. The maximum absolute atomic E-state index is 12.8. The van der Waals surface area contributed by atoms with Crippen LogP contribution in [0.1, 0.15) is 141 Å². The number of aldehydes is 2. The molecule has 0 amide bonds. The predicted molar refractivity (Wildman–Crippen MR) is 278 cm³/mol. The lowest BCUT2D eigenvalue weighted by atomic mass is 9.82. The van der Waals surface area contributed by atoms with Crippen molar-refractivity contribution < 1.29 is 61.9 Å². The Labute approximate surface area is 423 Å². The van der Waals surface area contributed by atoms with Crippen LogP contribution >= 0.6 is 0 Å². The predicted octanol–water partition coefficient (Wildman–Crippen LogP) is 12.8. The minimum absolute atomic E-state index is 0.144. The third kappa shape index (κ3) is 26.1. The number of carbonyl (C=O) groups is 5. The summed E-state index contributed by atoms with van der Waals surface area (Å²) >= 11 is 0. The molecule has 2 saturated carbocycles. The van der Waals surface area contributed by atoms with Crippen molar-refractivity contribution in [3.63, 3.8) is 0 Å². The van der Waals surface area contributed by atoms with E-state index in [1.165, 1.54) is 12.2 Å². The molecule has 13 heteroatoms. The summed E-state index contributed by atoms with van der Waals surface area (Å²) < 4.78 is 44.0. The summed E-state index contributed by atoms with van der Waals surface area (Å²) in [5.41, 5.74) is 0.465. The molecule has 0 bridgehead atoms. The fraction of sp³-hybridized carbons (Fsp3) is 0.534. The fourth-order valence-corrected chi connectivity index (χ4v) is 7.75. The maximum Gasteiger partial charge on any atom is 0.330 e. The molecular weight excluding hydrogens is 905 g/mol. The van der Waals surface area contributed by atoms with E-state index < -0.39 is 0 Å². The van der Waals surface area contributed by atoms with E-state index in [2.05, 4.69) is 13.2 Å². The highest BCUT2D eigenvalue weighted by Gasteiger charge is 2.28. The third-order valence-corrected chi connectivity index (χ3v) is 11.9. The van der Waals surface area contributed by atoms with E-state index in [0.717, 1.165) is 133 Å². The molecule has 71 heavy (non-hydrogen) atoms. The Morgan fingerprint density at radius 1 is 0.521 bits per heavy atom. The highest BCUT2D eigenvalue weighted by Crippen LogP contribution is 2.33. The topological polar surface area (TPSA) is 159 Å². The quantitative estimate of drug-likeness (QED) is 0.0213. The van der Waals surface area contributed by atoms with Crippen molar-refractivity contribution in [3.8, 4) is 34.5 Å². The second-order valence-corrected chi connectivity index (χ2v) is 16.9. The van der Waals surface area contributed by atoms with Crippen molar-refractivity contribution in [3.05, 3.63) is 97.6 Å². The van der Waals surface area contributed by atoms with Gasteiger partial charge in [0.2, 0.25) is 0 Å². The van der Waals surface area contributed by atoms with Gasteiger partial charge in [0.15, 0.2) is 6.29 Å². The Hall–Kier alpha value is -6.11. The van der Waals surface area contributed by atoms with Crippen molar-refractivity contribution in [1.82, 2.24) is 0 Å². The van der Waals surface area contributed by atoms with Gasteiger partial charge < -0.3 is 42.7 Å². The summed E-state index contributed by atoms with van der Waals surface area (Å²) in [5, 5.41) is 0. The van der Waals surface area contributed by atoms with E-state index in [1.54, 1.807) is 31.4 Å². The molecule has 0 unspecified atom stereocenters. The summed E-state index contributed by atoms with van der Waals surface area (Å²) in [4.78, 5) is 57.3. The van der Waals surface area contributed by atoms with Crippen LogP contribution in [-0.4, -0.2) is 77.2 Å². The second-order valence-electron chi connectivity index (χ2n) is 16.9. The van der Waals surface area contributed by atoms with Crippen LogP contribution in [0.2, 0.25) is 0 Å². The van der Waals surface area contributed by atoms with Gasteiger partial charge in [-0.15, -0.1) is 0 Å². The van der Waals surface area contributed by atoms with Gasteiger partial charge in [0.25, 0.3) is 0 Å². The molecule has 0 aromatic heterocycles. The highest BCUT2D eigenvalue weighted by atomic mass is 16.5. The maximum atomic E-state index is 12.8. The van der Waals surface area contributed by atoms with E-state index in [4.69, 9.17) is 37.9 Å². The zero-order chi connectivity index (χ0) is 51.9. The van der Waals surface area contributed by atoms with Crippen LogP contribution in [0.25, 0.3) is 0 Å². The molecule has 2 aliphatic carbocycles. The standard InChI is InChI=1S/C38H48O9.C16H22O4.2C2H6/c1-2-37(41)44-22-6-4-3-5-21-43-33-15-17-34(18-16-33)47-38(42)31-13-11-30(12-14-31)26-45-35-19-20-36(32(23-35)25-40)46-27-29-9-7-28(24-39)8-10-29;1-3-16(17)20-13-7-5-4-6-12-19-15-10-8-14(18-2)9-11-15;2*1-2/h2,15-20,23-25,28-31H,1,3-14,21-22,26-27H2;3,8-11H,1,4-7,12-13H2,2H3;2*1-2H3. The number of ether oxygens (including phenoxy) is 8. The minimum Gasteiger partial charge on any atom is -0.497 e. The molecule has 0 heterocycles. The Morgan fingerprint density at radius 3 is 1.42 bits per heavy atom. The summed E-state index contributed by atoms with van der Waals surface area (Å²) in [7, 11) is 1.64. The third-order valence-electron chi connectivity index (χ3n) is 11.9. The van der Waals surface area contributed by atoms with Crippen molar-refractivity contribution in [2.75, 3.05) is 46.8 Å². The first-order chi connectivity index (χ1) is 34.7. The molecule has 0 atom stereocenters. The summed E-state index contributed by atoms with van der Waals surface area (Å²) in [6.45, 7) is 17.9. The summed E-state index contributed by atoms with van der Waals surface area (Å²) in [6, 6.07) is 20.0. The zero-order valence-electron chi connectivity index (χ0n) is 43.2. The van der Waals surface area contributed by atoms with E-state index >= 15 is 0 Å². The van der Waals surface area contributed by atoms with Gasteiger partial charge in [-0.05, 0) is 181 Å². The summed E-state index contributed by atoms with van der Waals surface area (Å²) in [6.07, 6.45) is 18.7. The number of unbranched alkanes of at least 4 members (excludes halogenated alkanes) is 6. The first kappa shape index (κ1) is 61.0. The van der Waals surface area contributed by atoms with Gasteiger partial charge in [0, 0.05) is 18.1 Å². The van der Waals surface area contributed by atoms with E-state index in [0.29, 0.717) is 74.3 Å². The Kier molecular flexibility index (Phi) is 33.2. The summed E-state index contributed by atoms with van der Waals surface area (Å²) in [5.74, 6) is 3.89. The number of esters is 3. The molecule has 0 spiro atoms. The van der Waals surface area contributed by atoms with Crippen LogP contribution in [0, 0.1) is 23.7 Å². The molecule has 0 saturated heterocycles. The molecule has 0 N–H and O–H groups in total. The van der Waals surface area contributed by atoms with E-state index in [1.807, 2.05) is 70.2 Å². The molecule has 0 aliphatic heterocycles. The van der Waals surface area contributed by atoms with Crippen LogP contribution in [0.3, 0.4) is 0 Å². The monoisotopic (exact) mass is 987 g/mol. The normalized spacial score (nSPS) is 16.7. The van der Waals surface area contributed by atoms with Crippen LogP contribution in [-0.2, 0) is 28.7 Å². The number of rotatable bonds is 29. The van der Waals surface area contributed by atoms with Crippen molar-refractivity contribution in [2.24, 2.45) is 23.7 Å². The number of benzene rings is 3. The van der Waals surface area contributed by atoms with Gasteiger partial charge in [0.1, 0.15) is 40.8 Å². The van der Waals surface area contributed by atoms with Gasteiger partial charge in [-0.25, -0.2) is 9.59 Å². The fourth-order valence-electron chi connectivity index (χ4n) is 7.75. The molecule has 3 aromatic carbocycles. The Bertz CT molecular complexity index is 1930. The van der Waals surface area contributed by atoms with Crippen molar-refractivity contribution in [1.29, 1.82) is 0 Å². The number of methoxy groups -OCH3 is 1. The second kappa shape index (κ2) is 38.6. The van der Waals surface area contributed by atoms with Gasteiger partial charge >= 0.3 is 17.9 Å². The molecule has 2 fully saturated rings. The lowest BCUT2D eigenvalue weighted by Gasteiger charge is -2.27. The van der Waals surface area contributed by atoms with Crippen molar-refractivity contribution in [2.45, 2.75) is 130 Å². The van der Waals surface area contributed by atoms with Crippen LogP contribution in [0.5, 0.6) is 34.5 Å². The smallest absolute Gasteiger partial charge is 0.330 e. The lowest BCUT2D eigenvalue weighted by Crippen LogP contribution is -2.27. The first-order valence-corrected chi connectivity index (χ1v) is 25.8. The van der Waals surface area contributed by atoms with Gasteiger partial charge in [-0.1, -0.05) is 40.9 Å². The largest absolute Gasteiger partial charge is 0.497 e. The average molecular weight is 987 g/mol. The SMILES string of the molecule is C=CC(=O)OCCCCCCOc1ccc(OC(=O)C2CCC(COc3ccc(OCC4CCC(C=O)CC4)c(C=O)c3)CC2)cc1.C=CC(=O)OCCCCCCOc1ccc(OC)cc1.CC.CC. The molecule has 2 aliphatic rings. The number of hydrogen-bond acceptors (Lipinski definition) is 13. The Balaban J connectivity index is 0.000000601. The zero-order valence-corrected chi connectivity index (χ0v) is 43.2. The van der Waals surface area contributed by atoms with Gasteiger partial charge in [-0.3, -0.25) is 9.59 Å². The average Bonchev–Trinajstić information content (AvgIpc) is 3.43. The molecular formula is C58H82O13. The number of hydrogen-bond donors (Lipinski definition) is 0. The molecule has 5 rings (SSSR count). The molecule has 3 aromatic rings. The van der Waals surface area contributed by atoms with Crippen molar-refractivity contribution >= 4 is 30.5 Å². The van der Waals surface area contributed by atoms with Gasteiger partial charge in [-0.2, -0.15) is 0 Å². The van der Waals surface area contributed by atoms with Gasteiger partial charge in [0.05, 0.1) is 58.2 Å². The van der Waals surface area contributed by atoms with E-state index in [9.17, 15) is 24.0 Å². The first-order valence-electron chi connectivity index (χ1n) is 25.8.